The summed E-state index contributed by atoms with van der Waals surface area (Å²) in [5.74, 6) is -0.273. The third kappa shape index (κ3) is 4.19. The lowest BCUT2D eigenvalue weighted by Gasteiger charge is -2.29. The molecule has 0 spiro atoms. The van der Waals surface area contributed by atoms with Gasteiger partial charge >= 0.3 is 6.03 Å². The van der Waals surface area contributed by atoms with E-state index in [1.165, 1.54) is 11.8 Å². The molecular weight excluding hydrogens is 338 g/mol. The standard InChI is InChI=1S/C17H21N5O2S/c1-17(2,3)21-15(24)20-14(23)10-25-16-19-12-7-5-4-6-11(12)13-8-9-18-22(13)16/h4-7,9,13H,8,10H2,1-3H3,(H2,20,21,23,24)/t13-/m0/s1. The van der Waals surface area contributed by atoms with E-state index < -0.39 is 11.6 Å². The van der Waals surface area contributed by atoms with Gasteiger partial charge in [-0.25, -0.2) is 14.8 Å². The highest BCUT2D eigenvalue weighted by Crippen LogP contribution is 2.40. The predicted molar refractivity (Wildman–Crippen MR) is 100 cm³/mol. The molecule has 0 bridgehead atoms. The van der Waals surface area contributed by atoms with Gasteiger partial charge in [-0.3, -0.25) is 10.1 Å². The molecule has 1 aromatic carbocycles. The van der Waals surface area contributed by atoms with Crippen molar-refractivity contribution in [2.45, 2.75) is 38.8 Å². The second-order valence-corrected chi connectivity index (χ2v) is 7.83. The van der Waals surface area contributed by atoms with Crippen LogP contribution in [0.15, 0.2) is 34.4 Å². The van der Waals surface area contributed by atoms with E-state index in [0.717, 1.165) is 17.7 Å². The molecule has 2 N–H and O–H groups in total. The minimum Gasteiger partial charge on any atom is -0.333 e. The van der Waals surface area contributed by atoms with Gasteiger partial charge in [0.05, 0.1) is 17.5 Å². The summed E-state index contributed by atoms with van der Waals surface area (Å²) in [6.07, 6.45) is 2.68. The molecule has 1 atom stereocenters. The second-order valence-electron chi connectivity index (χ2n) is 6.89. The largest absolute Gasteiger partial charge is 0.333 e. The zero-order valence-corrected chi connectivity index (χ0v) is 15.3. The Morgan fingerprint density at radius 2 is 2.08 bits per heavy atom. The van der Waals surface area contributed by atoms with E-state index in [1.54, 1.807) is 0 Å². The summed E-state index contributed by atoms with van der Waals surface area (Å²) in [5.41, 5.74) is 1.65. The molecule has 2 aliphatic rings. The SMILES string of the molecule is CC(C)(C)NC(=O)NC(=O)CSC1=Nc2ccccc2[C@@H]2CC=NN12. The minimum absolute atomic E-state index is 0.0945. The lowest BCUT2D eigenvalue weighted by Crippen LogP contribution is -2.48. The molecule has 0 aromatic heterocycles. The molecule has 0 saturated carbocycles. The number of hydrogen-bond acceptors (Lipinski definition) is 6. The average molecular weight is 359 g/mol. The number of urea groups is 1. The second kappa shape index (κ2) is 6.87. The maximum absolute atomic E-state index is 12.0. The van der Waals surface area contributed by atoms with Crippen molar-refractivity contribution < 1.29 is 9.59 Å². The van der Waals surface area contributed by atoms with Crippen LogP contribution < -0.4 is 10.6 Å². The minimum atomic E-state index is -0.494. The smallest absolute Gasteiger partial charge is 0.321 e. The third-order valence-corrected chi connectivity index (χ3v) is 4.55. The maximum Gasteiger partial charge on any atom is 0.321 e. The summed E-state index contributed by atoms with van der Waals surface area (Å²) in [7, 11) is 0. The molecule has 0 fully saturated rings. The zero-order chi connectivity index (χ0) is 18.0. The quantitative estimate of drug-likeness (QED) is 0.850. The number of thioether (sulfide) groups is 1. The van der Waals surface area contributed by atoms with Gasteiger partial charge in [0.25, 0.3) is 0 Å². The van der Waals surface area contributed by atoms with Crippen molar-refractivity contribution in [3.05, 3.63) is 29.8 Å². The topological polar surface area (TPSA) is 86.2 Å². The molecule has 3 rings (SSSR count). The van der Waals surface area contributed by atoms with Crippen LogP contribution in [0.25, 0.3) is 0 Å². The molecule has 0 radical (unpaired) electrons. The van der Waals surface area contributed by atoms with Crippen LogP contribution in [0.5, 0.6) is 0 Å². The van der Waals surface area contributed by atoms with Crippen LogP contribution in [-0.2, 0) is 4.79 Å². The fraction of sp³-hybridized carbons (Fsp3) is 0.412. The predicted octanol–water partition coefficient (Wildman–Crippen LogP) is 2.78. The van der Waals surface area contributed by atoms with Crippen molar-refractivity contribution in [1.82, 2.24) is 15.6 Å². The Morgan fingerprint density at radius 3 is 2.84 bits per heavy atom. The number of fused-ring (bicyclic) bond motifs is 3. The summed E-state index contributed by atoms with van der Waals surface area (Å²) in [6.45, 7) is 5.56. The van der Waals surface area contributed by atoms with E-state index in [0.29, 0.717) is 5.17 Å². The summed E-state index contributed by atoms with van der Waals surface area (Å²) in [4.78, 5) is 28.4. The lowest BCUT2D eigenvalue weighted by atomic mass is 10.0. The summed E-state index contributed by atoms with van der Waals surface area (Å²) < 4.78 is 0. The van der Waals surface area contributed by atoms with Crippen LogP contribution in [0, 0.1) is 0 Å². The summed E-state index contributed by atoms with van der Waals surface area (Å²) >= 11 is 1.28. The van der Waals surface area contributed by atoms with Gasteiger partial charge in [-0.05, 0) is 26.8 Å². The molecule has 2 heterocycles. The first-order valence-corrected chi connectivity index (χ1v) is 9.06. The average Bonchev–Trinajstić information content (AvgIpc) is 3.00. The number of hydrazone groups is 1. The lowest BCUT2D eigenvalue weighted by molar-refractivity contribution is -0.117. The highest BCUT2D eigenvalue weighted by molar-refractivity contribution is 8.14. The number of benzene rings is 1. The molecule has 7 nitrogen and oxygen atoms in total. The van der Waals surface area contributed by atoms with Crippen molar-refractivity contribution in [2.24, 2.45) is 10.1 Å². The number of nitrogens with one attached hydrogen (secondary N) is 2. The molecule has 132 valence electrons. The maximum atomic E-state index is 12.0. The first kappa shape index (κ1) is 17.5. The van der Waals surface area contributed by atoms with Gasteiger partial charge in [0.15, 0.2) is 5.17 Å². The van der Waals surface area contributed by atoms with Crippen LogP contribution in [0.1, 0.15) is 38.8 Å². The molecule has 8 heteroatoms. The number of amidine groups is 1. The first-order chi connectivity index (χ1) is 11.8. The van der Waals surface area contributed by atoms with Crippen molar-refractivity contribution >= 4 is 40.8 Å². The molecule has 3 amide bonds. The van der Waals surface area contributed by atoms with E-state index in [1.807, 2.05) is 50.2 Å². The van der Waals surface area contributed by atoms with E-state index in [2.05, 4.69) is 26.8 Å². The van der Waals surface area contributed by atoms with E-state index in [4.69, 9.17) is 0 Å². The number of amides is 3. The number of carbonyl (C=O) groups excluding carboxylic acids is 2. The Hall–Kier alpha value is -2.35. The van der Waals surface area contributed by atoms with Crippen molar-refractivity contribution in [3.63, 3.8) is 0 Å². The fourth-order valence-electron chi connectivity index (χ4n) is 2.65. The number of imide groups is 1. The summed E-state index contributed by atoms with van der Waals surface area (Å²) in [5, 5.41) is 11.9. The van der Waals surface area contributed by atoms with Gasteiger partial charge in [-0.15, -0.1) is 0 Å². The van der Waals surface area contributed by atoms with Crippen LogP contribution in [-0.4, -0.2) is 39.6 Å². The van der Waals surface area contributed by atoms with Crippen molar-refractivity contribution in [3.8, 4) is 0 Å². The third-order valence-electron chi connectivity index (χ3n) is 3.61. The van der Waals surface area contributed by atoms with E-state index in [-0.39, 0.29) is 17.7 Å². The van der Waals surface area contributed by atoms with Gasteiger partial charge in [0, 0.05) is 23.7 Å². The number of para-hydroxylation sites is 1. The Morgan fingerprint density at radius 1 is 1.32 bits per heavy atom. The van der Waals surface area contributed by atoms with Crippen LogP contribution in [0.4, 0.5) is 10.5 Å². The monoisotopic (exact) mass is 359 g/mol. The number of carbonyl (C=O) groups is 2. The Labute approximate surface area is 151 Å². The Kier molecular flexibility index (Phi) is 4.80. The summed E-state index contributed by atoms with van der Waals surface area (Å²) in [6, 6.07) is 7.58. The molecule has 0 saturated heterocycles. The Bertz CT molecular complexity index is 754. The van der Waals surface area contributed by atoms with Gasteiger partial charge in [0.2, 0.25) is 5.91 Å². The molecule has 25 heavy (non-hydrogen) atoms. The molecular formula is C17H21N5O2S. The first-order valence-electron chi connectivity index (χ1n) is 8.07. The molecule has 0 unspecified atom stereocenters. The van der Waals surface area contributed by atoms with E-state index in [9.17, 15) is 9.59 Å². The molecule has 0 aliphatic carbocycles. The highest BCUT2D eigenvalue weighted by Gasteiger charge is 2.32. The van der Waals surface area contributed by atoms with Crippen LogP contribution in [0.2, 0.25) is 0 Å². The number of hydrogen-bond donors (Lipinski definition) is 2. The van der Waals surface area contributed by atoms with Crippen molar-refractivity contribution in [1.29, 1.82) is 0 Å². The number of aliphatic imine (C=N–C) groups is 1. The van der Waals surface area contributed by atoms with Gasteiger partial charge < -0.3 is 5.32 Å². The van der Waals surface area contributed by atoms with Crippen molar-refractivity contribution in [2.75, 3.05) is 5.75 Å². The highest BCUT2D eigenvalue weighted by atomic mass is 32.2. The number of nitrogens with zero attached hydrogens (tertiary/aromatic N) is 3. The van der Waals surface area contributed by atoms with Gasteiger partial charge in [-0.2, -0.15) is 5.10 Å². The van der Waals surface area contributed by atoms with E-state index >= 15 is 0 Å². The number of rotatable bonds is 2. The van der Waals surface area contributed by atoms with Gasteiger partial charge in [-0.1, -0.05) is 30.0 Å². The normalized spacial score (nSPS) is 18.3. The van der Waals surface area contributed by atoms with Crippen LogP contribution in [0.3, 0.4) is 0 Å². The Balaban J connectivity index is 1.63. The zero-order valence-electron chi connectivity index (χ0n) is 14.4. The molecule has 1 aromatic rings. The fourth-order valence-corrected chi connectivity index (χ4v) is 3.45. The van der Waals surface area contributed by atoms with Gasteiger partial charge in [0.1, 0.15) is 0 Å². The van der Waals surface area contributed by atoms with Crippen LogP contribution >= 0.6 is 11.8 Å². The molecule has 2 aliphatic heterocycles.